The summed E-state index contributed by atoms with van der Waals surface area (Å²) >= 11 is 0. The molecule has 0 N–H and O–H groups in total. The largest absolute Gasteiger partial charge is 0.340 e. The molecule has 1 fully saturated rings. The summed E-state index contributed by atoms with van der Waals surface area (Å²) < 4.78 is 5.10. The fraction of sp³-hybridized carbons (Fsp3) is 0.500. The van der Waals surface area contributed by atoms with E-state index in [-0.39, 0.29) is 17.9 Å². The number of amides is 1. The van der Waals surface area contributed by atoms with E-state index in [0.29, 0.717) is 18.3 Å². The summed E-state index contributed by atoms with van der Waals surface area (Å²) in [5.74, 6) is 1.57. The third-order valence-corrected chi connectivity index (χ3v) is 4.51. The van der Waals surface area contributed by atoms with Crippen LogP contribution in [0.1, 0.15) is 42.1 Å². The van der Waals surface area contributed by atoms with Crippen LogP contribution in [0.2, 0.25) is 0 Å². The number of aromatic nitrogens is 2. The standard InChI is InChI=1S/C18H24N4O2/c1-13-19-17(20-24-13)15-10-7-11-22(12-15)18(23)16(21(2)3)14-8-5-4-6-9-14/h4-6,8-9,15-16H,7,10-12H2,1-3H3/t15-,16+/m0/s1. The maximum atomic E-state index is 13.1. The number of rotatable bonds is 4. The summed E-state index contributed by atoms with van der Waals surface area (Å²) in [4.78, 5) is 21.4. The number of carbonyl (C=O) groups excluding carboxylic acids is 1. The number of hydrogen-bond donors (Lipinski definition) is 0. The zero-order valence-corrected chi connectivity index (χ0v) is 14.5. The molecule has 6 nitrogen and oxygen atoms in total. The predicted molar refractivity (Wildman–Crippen MR) is 90.5 cm³/mol. The number of likely N-dealkylation sites (N-methyl/N-ethyl adjacent to an activating group) is 1. The van der Waals surface area contributed by atoms with Crippen molar-refractivity contribution in [1.82, 2.24) is 19.9 Å². The minimum Gasteiger partial charge on any atom is -0.340 e. The summed E-state index contributed by atoms with van der Waals surface area (Å²) in [5.41, 5.74) is 1.02. The normalized spacial score (nSPS) is 19.5. The second kappa shape index (κ2) is 7.13. The Balaban J connectivity index is 1.77. The molecule has 1 aromatic carbocycles. The summed E-state index contributed by atoms with van der Waals surface area (Å²) in [7, 11) is 3.89. The molecule has 0 saturated carbocycles. The van der Waals surface area contributed by atoms with Crippen LogP contribution in [-0.4, -0.2) is 53.0 Å². The van der Waals surface area contributed by atoms with E-state index in [4.69, 9.17) is 4.52 Å². The van der Waals surface area contributed by atoms with Crippen molar-refractivity contribution in [3.05, 3.63) is 47.6 Å². The van der Waals surface area contributed by atoms with Crippen LogP contribution in [0.15, 0.2) is 34.9 Å². The molecule has 0 spiro atoms. The molecule has 0 aliphatic carbocycles. The average Bonchev–Trinajstić information content (AvgIpc) is 3.02. The van der Waals surface area contributed by atoms with Gasteiger partial charge in [0.2, 0.25) is 11.8 Å². The molecule has 0 bridgehead atoms. The van der Waals surface area contributed by atoms with E-state index in [2.05, 4.69) is 10.1 Å². The molecule has 1 aliphatic heterocycles. The maximum absolute atomic E-state index is 13.1. The van der Waals surface area contributed by atoms with Crippen molar-refractivity contribution < 1.29 is 9.32 Å². The van der Waals surface area contributed by atoms with Crippen molar-refractivity contribution in [2.75, 3.05) is 27.2 Å². The molecule has 0 radical (unpaired) electrons. The van der Waals surface area contributed by atoms with Gasteiger partial charge >= 0.3 is 0 Å². The molecule has 24 heavy (non-hydrogen) atoms. The van der Waals surface area contributed by atoms with E-state index in [1.807, 2.05) is 54.2 Å². The maximum Gasteiger partial charge on any atom is 0.244 e. The Bertz CT molecular complexity index is 683. The third kappa shape index (κ3) is 3.48. The fourth-order valence-corrected chi connectivity index (χ4v) is 3.34. The number of hydrogen-bond acceptors (Lipinski definition) is 5. The number of likely N-dealkylation sites (tertiary alicyclic amines) is 1. The van der Waals surface area contributed by atoms with Gasteiger partial charge in [-0.25, -0.2) is 0 Å². The highest BCUT2D eigenvalue weighted by molar-refractivity contribution is 5.83. The van der Waals surface area contributed by atoms with Crippen molar-refractivity contribution >= 4 is 5.91 Å². The number of carbonyl (C=O) groups is 1. The Morgan fingerprint density at radius 2 is 2.08 bits per heavy atom. The van der Waals surface area contributed by atoms with E-state index in [9.17, 15) is 4.79 Å². The number of aryl methyl sites for hydroxylation is 1. The van der Waals surface area contributed by atoms with Crippen molar-refractivity contribution in [3.63, 3.8) is 0 Å². The number of piperidine rings is 1. The molecule has 1 aromatic heterocycles. The molecule has 2 atom stereocenters. The fourth-order valence-electron chi connectivity index (χ4n) is 3.34. The second-order valence-electron chi connectivity index (χ2n) is 6.57. The average molecular weight is 328 g/mol. The summed E-state index contributed by atoms with van der Waals surface area (Å²) in [6.45, 7) is 3.22. The first-order valence-corrected chi connectivity index (χ1v) is 8.36. The van der Waals surface area contributed by atoms with Crippen LogP contribution in [0, 0.1) is 6.92 Å². The Morgan fingerprint density at radius 3 is 2.71 bits per heavy atom. The lowest BCUT2D eigenvalue weighted by atomic mass is 9.95. The van der Waals surface area contributed by atoms with E-state index >= 15 is 0 Å². The van der Waals surface area contributed by atoms with Gasteiger partial charge in [0.05, 0.1) is 0 Å². The van der Waals surface area contributed by atoms with Crippen LogP contribution in [0.25, 0.3) is 0 Å². The molecule has 1 amide bonds. The summed E-state index contributed by atoms with van der Waals surface area (Å²) in [6, 6.07) is 9.66. The predicted octanol–water partition coefficient (Wildman–Crippen LogP) is 2.39. The summed E-state index contributed by atoms with van der Waals surface area (Å²) in [6.07, 6.45) is 1.94. The first kappa shape index (κ1) is 16.6. The highest BCUT2D eigenvalue weighted by Crippen LogP contribution is 2.28. The Kier molecular flexibility index (Phi) is 4.94. The highest BCUT2D eigenvalue weighted by atomic mass is 16.5. The molecule has 0 unspecified atom stereocenters. The number of nitrogens with zero attached hydrogens (tertiary/aromatic N) is 4. The van der Waals surface area contributed by atoms with E-state index in [1.54, 1.807) is 6.92 Å². The first-order chi connectivity index (χ1) is 11.6. The zero-order chi connectivity index (χ0) is 17.1. The monoisotopic (exact) mass is 328 g/mol. The van der Waals surface area contributed by atoms with Crippen molar-refractivity contribution in [2.45, 2.75) is 31.7 Å². The van der Waals surface area contributed by atoms with Crippen LogP contribution in [0.3, 0.4) is 0 Å². The highest BCUT2D eigenvalue weighted by Gasteiger charge is 2.33. The molecule has 3 rings (SSSR count). The van der Waals surface area contributed by atoms with Crippen LogP contribution >= 0.6 is 0 Å². The lowest BCUT2D eigenvalue weighted by molar-refractivity contribution is -0.137. The number of benzene rings is 1. The molecular weight excluding hydrogens is 304 g/mol. The SMILES string of the molecule is Cc1nc([C@H]2CCCN(C(=O)[C@@H](c3ccccc3)N(C)C)C2)no1. The molecule has 128 valence electrons. The lowest BCUT2D eigenvalue weighted by Crippen LogP contribution is -2.45. The first-order valence-electron chi connectivity index (χ1n) is 8.36. The van der Waals surface area contributed by atoms with Gasteiger partial charge in [-0.05, 0) is 32.5 Å². The Hall–Kier alpha value is -2.21. The van der Waals surface area contributed by atoms with E-state index in [1.165, 1.54) is 0 Å². The van der Waals surface area contributed by atoms with Gasteiger partial charge in [0.15, 0.2) is 5.82 Å². The Morgan fingerprint density at radius 1 is 1.33 bits per heavy atom. The van der Waals surface area contributed by atoms with Crippen molar-refractivity contribution in [1.29, 1.82) is 0 Å². The molecule has 1 aliphatic rings. The molecule has 1 saturated heterocycles. The van der Waals surface area contributed by atoms with Crippen LogP contribution < -0.4 is 0 Å². The van der Waals surface area contributed by atoms with Gasteiger partial charge in [-0.2, -0.15) is 4.98 Å². The van der Waals surface area contributed by atoms with Gasteiger partial charge < -0.3 is 9.42 Å². The van der Waals surface area contributed by atoms with Gasteiger partial charge in [0.25, 0.3) is 0 Å². The topological polar surface area (TPSA) is 62.5 Å². The summed E-state index contributed by atoms with van der Waals surface area (Å²) in [5, 5.41) is 4.04. The van der Waals surface area contributed by atoms with E-state index in [0.717, 1.165) is 24.9 Å². The van der Waals surface area contributed by atoms with Crippen LogP contribution in [0.5, 0.6) is 0 Å². The van der Waals surface area contributed by atoms with Gasteiger partial charge in [-0.15, -0.1) is 0 Å². The Labute approximate surface area is 142 Å². The van der Waals surface area contributed by atoms with Crippen molar-refractivity contribution in [3.8, 4) is 0 Å². The van der Waals surface area contributed by atoms with E-state index < -0.39 is 0 Å². The van der Waals surface area contributed by atoms with Crippen molar-refractivity contribution in [2.24, 2.45) is 0 Å². The molecule has 2 aromatic rings. The van der Waals surface area contributed by atoms with Gasteiger partial charge in [0, 0.05) is 25.9 Å². The van der Waals surface area contributed by atoms with Gasteiger partial charge in [-0.3, -0.25) is 9.69 Å². The molecular formula is C18H24N4O2. The van der Waals surface area contributed by atoms with Gasteiger partial charge in [-0.1, -0.05) is 35.5 Å². The van der Waals surface area contributed by atoms with Crippen LogP contribution in [-0.2, 0) is 4.79 Å². The second-order valence-corrected chi connectivity index (χ2v) is 6.57. The minimum absolute atomic E-state index is 0.135. The van der Waals surface area contributed by atoms with Crippen LogP contribution in [0.4, 0.5) is 0 Å². The smallest absolute Gasteiger partial charge is 0.244 e. The third-order valence-electron chi connectivity index (χ3n) is 4.51. The lowest BCUT2D eigenvalue weighted by Gasteiger charge is -2.35. The van der Waals surface area contributed by atoms with Gasteiger partial charge in [0.1, 0.15) is 6.04 Å². The minimum atomic E-state index is -0.267. The quantitative estimate of drug-likeness (QED) is 0.862. The zero-order valence-electron chi connectivity index (χ0n) is 14.5. The molecule has 2 heterocycles. The molecule has 6 heteroatoms.